The van der Waals surface area contributed by atoms with Gasteiger partial charge < -0.3 is 14.8 Å². The Hall–Kier alpha value is -2.54. The topological polar surface area (TPSA) is 81.7 Å². The van der Waals surface area contributed by atoms with Crippen molar-refractivity contribution in [1.82, 2.24) is 0 Å². The van der Waals surface area contributed by atoms with Gasteiger partial charge in [0.1, 0.15) is 18.1 Å². The van der Waals surface area contributed by atoms with Gasteiger partial charge in [-0.2, -0.15) is 0 Å². The fraction of sp³-hybridized carbons (Fsp3) is 0.235. The van der Waals surface area contributed by atoms with Crippen LogP contribution in [0.1, 0.15) is 10.4 Å². The highest BCUT2D eigenvalue weighted by molar-refractivity contribution is 7.90. The minimum atomic E-state index is -3.05. The molecule has 7 heteroatoms. The van der Waals surface area contributed by atoms with Crippen LogP contribution in [0.5, 0.6) is 11.5 Å². The van der Waals surface area contributed by atoms with Crippen molar-refractivity contribution >= 4 is 21.4 Å². The summed E-state index contributed by atoms with van der Waals surface area (Å²) in [5, 5.41) is 2.77. The number of amides is 1. The molecule has 0 radical (unpaired) electrons. The van der Waals surface area contributed by atoms with Gasteiger partial charge in [0, 0.05) is 11.9 Å². The fourth-order valence-electron chi connectivity index (χ4n) is 1.98. The number of rotatable bonds is 7. The zero-order valence-electron chi connectivity index (χ0n) is 13.5. The second-order valence-electron chi connectivity index (χ2n) is 5.16. The Kier molecular flexibility index (Phi) is 5.81. The van der Waals surface area contributed by atoms with E-state index in [-0.39, 0.29) is 18.3 Å². The van der Waals surface area contributed by atoms with Crippen LogP contribution in [0.4, 0.5) is 5.69 Å². The van der Waals surface area contributed by atoms with Gasteiger partial charge in [0.25, 0.3) is 5.91 Å². The summed E-state index contributed by atoms with van der Waals surface area (Å²) in [6, 6.07) is 13.6. The van der Waals surface area contributed by atoms with Crippen LogP contribution in [0.3, 0.4) is 0 Å². The number of benzene rings is 2. The third kappa shape index (κ3) is 5.27. The van der Waals surface area contributed by atoms with Crippen LogP contribution in [0, 0.1) is 0 Å². The molecule has 0 bridgehead atoms. The van der Waals surface area contributed by atoms with E-state index in [1.54, 1.807) is 48.5 Å². The van der Waals surface area contributed by atoms with E-state index >= 15 is 0 Å². The maximum atomic E-state index is 12.3. The van der Waals surface area contributed by atoms with Crippen molar-refractivity contribution < 1.29 is 22.7 Å². The van der Waals surface area contributed by atoms with E-state index in [1.807, 2.05) is 0 Å². The zero-order valence-corrected chi connectivity index (χ0v) is 14.3. The van der Waals surface area contributed by atoms with Gasteiger partial charge in [0.15, 0.2) is 9.84 Å². The summed E-state index contributed by atoms with van der Waals surface area (Å²) in [6.45, 7) is 0.0890. The van der Waals surface area contributed by atoms with Crippen molar-refractivity contribution in [1.29, 1.82) is 0 Å². The van der Waals surface area contributed by atoms with E-state index in [2.05, 4.69) is 5.32 Å². The van der Waals surface area contributed by atoms with Gasteiger partial charge >= 0.3 is 0 Å². The molecule has 2 rings (SSSR count). The Morgan fingerprint density at radius 3 is 2.38 bits per heavy atom. The first kappa shape index (κ1) is 17.8. The fourth-order valence-corrected chi connectivity index (χ4v) is 2.36. The average molecular weight is 349 g/mol. The molecule has 1 amide bonds. The SMILES string of the molecule is COc1ccccc1C(=O)Nc1ccc(OCCS(C)(=O)=O)cc1. The van der Waals surface area contributed by atoms with Gasteiger partial charge in [-0.05, 0) is 36.4 Å². The highest BCUT2D eigenvalue weighted by Gasteiger charge is 2.11. The molecule has 0 aromatic heterocycles. The first-order valence-electron chi connectivity index (χ1n) is 7.24. The zero-order chi connectivity index (χ0) is 17.6. The van der Waals surface area contributed by atoms with E-state index in [9.17, 15) is 13.2 Å². The third-order valence-electron chi connectivity index (χ3n) is 3.19. The number of nitrogens with one attached hydrogen (secondary N) is 1. The number of ether oxygens (including phenoxy) is 2. The number of para-hydroxylation sites is 1. The monoisotopic (exact) mass is 349 g/mol. The van der Waals surface area contributed by atoms with Gasteiger partial charge in [0.05, 0.1) is 18.4 Å². The molecule has 0 fully saturated rings. The molecular weight excluding hydrogens is 330 g/mol. The molecule has 24 heavy (non-hydrogen) atoms. The summed E-state index contributed by atoms with van der Waals surface area (Å²) in [6.07, 6.45) is 1.16. The Labute approximate surface area is 141 Å². The number of hydrogen-bond acceptors (Lipinski definition) is 5. The lowest BCUT2D eigenvalue weighted by atomic mass is 10.2. The largest absolute Gasteiger partial charge is 0.496 e. The van der Waals surface area contributed by atoms with Gasteiger partial charge in [-0.1, -0.05) is 12.1 Å². The Morgan fingerprint density at radius 1 is 1.08 bits per heavy atom. The molecule has 2 aromatic rings. The molecule has 1 N–H and O–H groups in total. The summed E-state index contributed by atoms with van der Waals surface area (Å²) in [5.74, 6) is 0.710. The van der Waals surface area contributed by atoms with Gasteiger partial charge in [-0.25, -0.2) is 8.42 Å². The van der Waals surface area contributed by atoms with Gasteiger partial charge in [-0.3, -0.25) is 4.79 Å². The molecule has 0 heterocycles. The first-order valence-corrected chi connectivity index (χ1v) is 9.30. The predicted molar refractivity (Wildman–Crippen MR) is 92.6 cm³/mol. The van der Waals surface area contributed by atoms with E-state index in [4.69, 9.17) is 9.47 Å². The van der Waals surface area contributed by atoms with Gasteiger partial charge in [0.2, 0.25) is 0 Å². The molecule has 0 spiro atoms. The summed E-state index contributed by atoms with van der Waals surface area (Å²) >= 11 is 0. The second-order valence-corrected chi connectivity index (χ2v) is 7.42. The quantitative estimate of drug-likeness (QED) is 0.830. The second kappa shape index (κ2) is 7.83. The number of carbonyl (C=O) groups excluding carboxylic acids is 1. The maximum absolute atomic E-state index is 12.3. The van der Waals surface area contributed by atoms with Crippen molar-refractivity contribution in [3.63, 3.8) is 0 Å². The molecule has 0 atom stereocenters. The van der Waals surface area contributed by atoms with E-state index in [0.29, 0.717) is 22.7 Å². The van der Waals surface area contributed by atoms with Crippen LogP contribution in [-0.4, -0.2) is 40.1 Å². The summed E-state index contributed by atoms with van der Waals surface area (Å²) < 4.78 is 32.6. The Bertz CT molecular complexity index is 800. The predicted octanol–water partition coefficient (Wildman–Crippen LogP) is 2.37. The van der Waals surface area contributed by atoms with Crippen LogP contribution < -0.4 is 14.8 Å². The molecule has 0 unspecified atom stereocenters. The average Bonchev–Trinajstić information content (AvgIpc) is 2.55. The lowest BCUT2D eigenvalue weighted by Crippen LogP contribution is -2.13. The molecule has 0 aliphatic carbocycles. The minimum Gasteiger partial charge on any atom is -0.496 e. The first-order chi connectivity index (χ1) is 11.4. The lowest BCUT2D eigenvalue weighted by Gasteiger charge is -2.10. The maximum Gasteiger partial charge on any atom is 0.259 e. The highest BCUT2D eigenvalue weighted by atomic mass is 32.2. The minimum absolute atomic E-state index is 0.0424. The van der Waals surface area contributed by atoms with Crippen molar-refractivity contribution in [2.45, 2.75) is 0 Å². The number of carbonyl (C=O) groups is 1. The number of sulfone groups is 1. The highest BCUT2D eigenvalue weighted by Crippen LogP contribution is 2.20. The molecule has 0 saturated carbocycles. The Morgan fingerprint density at radius 2 is 1.75 bits per heavy atom. The van der Waals surface area contributed by atoms with Crippen LogP contribution >= 0.6 is 0 Å². The van der Waals surface area contributed by atoms with Crippen LogP contribution in [0.15, 0.2) is 48.5 Å². The normalized spacial score (nSPS) is 10.9. The third-order valence-corrected chi connectivity index (χ3v) is 4.09. The lowest BCUT2D eigenvalue weighted by molar-refractivity contribution is 0.102. The van der Waals surface area contributed by atoms with Crippen LogP contribution in [0.2, 0.25) is 0 Å². The summed E-state index contributed by atoms with van der Waals surface area (Å²) in [7, 11) is -1.54. The van der Waals surface area contributed by atoms with Crippen LogP contribution in [0.25, 0.3) is 0 Å². The molecule has 2 aromatic carbocycles. The van der Waals surface area contributed by atoms with E-state index < -0.39 is 9.84 Å². The molecule has 0 aliphatic rings. The number of hydrogen-bond donors (Lipinski definition) is 1. The smallest absolute Gasteiger partial charge is 0.259 e. The number of anilines is 1. The van der Waals surface area contributed by atoms with Crippen molar-refractivity contribution in [3.8, 4) is 11.5 Å². The van der Waals surface area contributed by atoms with E-state index in [1.165, 1.54) is 7.11 Å². The van der Waals surface area contributed by atoms with Crippen molar-refractivity contribution in [3.05, 3.63) is 54.1 Å². The molecule has 0 saturated heterocycles. The standard InChI is InChI=1S/C17H19NO5S/c1-22-16-6-4-3-5-15(16)17(19)18-13-7-9-14(10-8-13)23-11-12-24(2,20)21/h3-10H,11-12H2,1-2H3,(H,18,19). The Balaban J connectivity index is 1.97. The molecule has 128 valence electrons. The van der Waals surface area contributed by atoms with Crippen LogP contribution in [-0.2, 0) is 9.84 Å². The van der Waals surface area contributed by atoms with Gasteiger partial charge in [-0.15, -0.1) is 0 Å². The molecule has 0 aliphatic heterocycles. The van der Waals surface area contributed by atoms with Crippen molar-refractivity contribution in [2.24, 2.45) is 0 Å². The summed E-state index contributed by atoms with van der Waals surface area (Å²) in [4.78, 5) is 12.3. The number of methoxy groups -OCH3 is 1. The molecule has 6 nitrogen and oxygen atoms in total. The summed E-state index contributed by atoms with van der Waals surface area (Å²) in [5.41, 5.74) is 1.04. The van der Waals surface area contributed by atoms with E-state index in [0.717, 1.165) is 6.26 Å². The van der Waals surface area contributed by atoms with Crippen molar-refractivity contribution in [2.75, 3.05) is 31.0 Å². The molecular formula is C17H19NO5S.